The highest BCUT2D eigenvalue weighted by Crippen LogP contribution is 2.30. The number of aromatic nitrogens is 1. The van der Waals surface area contributed by atoms with Crippen molar-refractivity contribution < 1.29 is 5.11 Å². The standard InChI is InChI=1S/C14H18N2O/c1-16-7-3-4-11(16)8-10-9-15-12-5-2-6-13(17)14(10)12/h2,5-6,9,11,15,17H,3-4,7-8H2,1H3/t11-/m1/s1. The minimum absolute atomic E-state index is 0.388. The molecule has 1 atom stereocenters. The molecule has 0 spiro atoms. The predicted octanol–water partition coefficient (Wildman–Crippen LogP) is 2.51. The van der Waals surface area contributed by atoms with Gasteiger partial charge in [-0.15, -0.1) is 0 Å². The number of aromatic amines is 1. The number of phenolic OH excluding ortho intramolecular Hbond substituents is 1. The van der Waals surface area contributed by atoms with E-state index in [2.05, 4.69) is 16.9 Å². The molecule has 2 N–H and O–H groups in total. The zero-order valence-electron chi connectivity index (χ0n) is 10.1. The van der Waals surface area contributed by atoms with Gasteiger partial charge >= 0.3 is 0 Å². The molecular weight excluding hydrogens is 212 g/mol. The molecule has 1 fully saturated rings. The molecule has 3 rings (SSSR count). The molecule has 0 saturated carbocycles. The lowest BCUT2D eigenvalue weighted by atomic mass is 10.0. The molecule has 0 amide bonds. The maximum atomic E-state index is 9.95. The van der Waals surface area contributed by atoms with E-state index in [9.17, 15) is 5.11 Å². The fraction of sp³-hybridized carbons (Fsp3) is 0.429. The van der Waals surface area contributed by atoms with Gasteiger partial charge in [0, 0.05) is 23.1 Å². The molecule has 1 saturated heterocycles. The third kappa shape index (κ3) is 1.80. The molecule has 0 aliphatic carbocycles. The fourth-order valence-corrected chi connectivity index (χ4v) is 2.89. The van der Waals surface area contributed by atoms with Crippen molar-refractivity contribution in [3.05, 3.63) is 30.0 Å². The summed E-state index contributed by atoms with van der Waals surface area (Å²) in [6, 6.07) is 6.27. The molecule has 2 heterocycles. The lowest BCUT2D eigenvalue weighted by Crippen LogP contribution is -2.26. The van der Waals surface area contributed by atoms with E-state index in [0.29, 0.717) is 11.8 Å². The summed E-state index contributed by atoms with van der Waals surface area (Å²) in [5, 5.41) is 10.9. The molecule has 0 bridgehead atoms. The zero-order valence-corrected chi connectivity index (χ0v) is 10.1. The Kier molecular flexibility index (Phi) is 2.56. The predicted molar refractivity (Wildman–Crippen MR) is 69.3 cm³/mol. The highest BCUT2D eigenvalue weighted by Gasteiger charge is 2.22. The average molecular weight is 230 g/mol. The van der Waals surface area contributed by atoms with Crippen LogP contribution >= 0.6 is 0 Å². The van der Waals surface area contributed by atoms with Crippen LogP contribution in [0.2, 0.25) is 0 Å². The second-order valence-electron chi connectivity index (χ2n) is 4.99. The van der Waals surface area contributed by atoms with Crippen molar-refractivity contribution in [2.75, 3.05) is 13.6 Å². The summed E-state index contributed by atoms with van der Waals surface area (Å²) in [5.74, 6) is 0.388. The van der Waals surface area contributed by atoms with Crippen molar-refractivity contribution in [2.24, 2.45) is 0 Å². The van der Waals surface area contributed by atoms with E-state index < -0.39 is 0 Å². The number of fused-ring (bicyclic) bond motifs is 1. The van der Waals surface area contributed by atoms with Crippen LogP contribution < -0.4 is 0 Å². The van der Waals surface area contributed by atoms with Gasteiger partial charge in [-0.25, -0.2) is 0 Å². The van der Waals surface area contributed by atoms with Crippen molar-refractivity contribution >= 4 is 10.9 Å². The Morgan fingerprint density at radius 1 is 1.47 bits per heavy atom. The van der Waals surface area contributed by atoms with Crippen LogP contribution in [-0.2, 0) is 6.42 Å². The minimum atomic E-state index is 0.388. The molecule has 1 aromatic carbocycles. The van der Waals surface area contributed by atoms with E-state index in [-0.39, 0.29) is 0 Å². The highest BCUT2D eigenvalue weighted by atomic mass is 16.3. The molecule has 17 heavy (non-hydrogen) atoms. The third-order valence-corrected chi connectivity index (χ3v) is 3.89. The summed E-state index contributed by atoms with van der Waals surface area (Å²) >= 11 is 0. The van der Waals surface area contributed by atoms with Gasteiger partial charge in [0.1, 0.15) is 5.75 Å². The first kappa shape index (κ1) is 10.7. The van der Waals surface area contributed by atoms with E-state index >= 15 is 0 Å². The first-order valence-corrected chi connectivity index (χ1v) is 6.24. The number of H-pyrrole nitrogens is 1. The van der Waals surface area contributed by atoms with Gasteiger partial charge in [0.25, 0.3) is 0 Å². The van der Waals surface area contributed by atoms with Gasteiger partial charge in [-0.2, -0.15) is 0 Å². The Hall–Kier alpha value is -1.48. The van der Waals surface area contributed by atoms with Gasteiger partial charge < -0.3 is 15.0 Å². The number of nitrogens with one attached hydrogen (secondary N) is 1. The second kappa shape index (κ2) is 4.08. The van der Waals surface area contributed by atoms with Gasteiger partial charge in [-0.05, 0) is 50.6 Å². The first-order valence-electron chi connectivity index (χ1n) is 6.24. The average Bonchev–Trinajstić information content (AvgIpc) is 2.89. The summed E-state index contributed by atoms with van der Waals surface area (Å²) in [6.07, 6.45) is 5.61. The number of nitrogens with zero attached hydrogens (tertiary/aromatic N) is 1. The van der Waals surface area contributed by atoms with Gasteiger partial charge in [-0.1, -0.05) is 6.07 Å². The smallest absolute Gasteiger partial charge is 0.125 e. The van der Waals surface area contributed by atoms with Crippen molar-refractivity contribution in [1.29, 1.82) is 0 Å². The Balaban J connectivity index is 1.95. The first-order chi connectivity index (χ1) is 8.25. The summed E-state index contributed by atoms with van der Waals surface area (Å²) in [7, 11) is 2.19. The molecule has 3 heteroatoms. The zero-order chi connectivity index (χ0) is 11.8. The SMILES string of the molecule is CN1CCC[C@@H]1Cc1c[nH]c2cccc(O)c12. The Labute approximate surface area is 101 Å². The molecule has 3 nitrogen and oxygen atoms in total. The topological polar surface area (TPSA) is 39.3 Å². The fourth-order valence-electron chi connectivity index (χ4n) is 2.89. The monoisotopic (exact) mass is 230 g/mol. The summed E-state index contributed by atoms with van der Waals surface area (Å²) in [5.41, 5.74) is 2.26. The molecule has 0 radical (unpaired) electrons. The summed E-state index contributed by atoms with van der Waals surface area (Å²) in [4.78, 5) is 5.65. The number of rotatable bonds is 2. The quantitative estimate of drug-likeness (QED) is 0.832. The van der Waals surface area contributed by atoms with Crippen LogP contribution in [-0.4, -0.2) is 34.6 Å². The third-order valence-electron chi connectivity index (χ3n) is 3.89. The largest absolute Gasteiger partial charge is 0.507 e. The van der Waals surface area contributed by atoms with E-state index in [4.69, 9.17) is 0 Å². The number of hydrogen-bond donors (Lipinski definition) is 2. The number of aromatic hydroxyl groups is 1. The lowest BCUT2D eigenvalue weighted by Gasteiger charge is -2.18. The Morgan fingerprint density at radius 2 is 2.35 bits per heavy atom. The van der Waals surface area contributed by atoms with Crippen molar-refractivity contribution in [2.45, 2.75) is 25.3 Å². The van der Waals surface area contributed by atoms with Gasteiger partial charge in [0.2, 0.25) is 0 Å². The van der Waals surface area contributed by atoms with Crippen LogP contribution in [0.3, 0.4) is 0 Å². The molecule has 1 aliphatic heterocycles. The van der Waals surface area contributed by atoms with Crippen LogP contribution in [0, 0.1) is 0 Å². The molecule has 2 aromatic rings. The molecule has 1 aromatic heterocycles. The van der Waals surface area contributed by atoms with Crippen molar-refractivity contribution in [1.82, 2.24) is 9.88 Å². The van der Waals surface area contributed by atoms with E-state index in [1.807, 2.05) is 18.3 Å². The molecule has 1 aliphatic rings. The van der Waals surface area contributed by atoms with Crippen molar-refractivity contribution in [3.8, 4) is 5.75 Å². The maximum Gasteiger partial charge on any atom is 0.125 e. The van der Waals surface area contributed by atoms with E-state index in [1.165, 1.54) is 24.9 Å². The van der Waals surface area contributed by atoms with Gasteiger partial charge in [-0.3, -0.25) is 0 Å². The minimum Gasteiger partial charge on any atom is -0.507 e. The van der Waals surface area contributed by atoms with Crippen LogP contribution in [0.1, 0.15) is 18.4 Å². The van der Waals surface area contributed by atoms with Gasteiger partial charge in [0.05, 0.1) is 0 Å². The van der Waals surface area contributed by atoms with E-state index in [1.54, 1.807) is 6.07 Å². The Bertz CT molecular complexity index is 532. The van der Waals surface area contributed by atoms with Crippen LogP contribution in [0.25, 0.3) is 10.9 Å². The normalized spacial score (nSPS) is 21.4. The van der Waals surface area contributed by atoms with Crippen LogP contribution in [0.4, 0.5) is 0 Å². The Morgan fingerprint density at radius 3 is 3.12 bits per heavy atom. The lowest BCUT2D eigenvalue weighted by molar-refractivity contribution is 0.309. The molecular formula is C14H18N2O. The maximum absolute atomic E-state index is 9.95. The number of benzene rings is 1. The van der Waals surface area contributed by atoms with Crippen LogP contribution in [0.15, 0.2) is 24.4 Å². The summed E-state index contributed by atoms with van der Waals surface area (Å²) < 4.78 is 0. The highest BCUT2D eigenvalue weighted by molar-refractivity contribution is 5.89. The number of hydrogen-bond acceptors (Lipinski definition) is 2. The number of likely N-dealkylation sites (tertiary alicyclic amines) is 1. The molecule has 90 valence electrons. The number of phenols is 1. The second-order valence-corrected chi connectivity index (χ2v) is 4.99. The van der Waals surface area contributed by atoms with Crippen molar-refractivity contribution in [3.63, 3.8) is 0 Å². The van der Waals surface area contributed by atoms with E-state index in [0.717, 1.165) is 17.3 Å². The summed E-state index contributed by atoms with van der Waals surface area (Å²) in [6.45, 7) is 1.19. The number of likely N-dealkylation sites (N-methyl/N-ethyl adjacent to an activating group) is 1. The molecule has 0 unspecified atom stereocenters. The van der Waals surface area contributed by atoms with Gasteiger partial charge in [0.15, 0.2) is 0 Å². The van der Waals surface area contributed by atoms with Crippen LogP contribution in [0.5, 0.6) is 5.75 Å².